The lowest BCUT2D eigenvalue weighted by Crippen LogP contribution is -2.33. The number of hydrogen-bond donors (Lipinski definition) is 0. The molecule has 1 aliphatic carbocycles. The van der Waals surface area contributed by atoms with Gasteiger partial charge in [0, 0.05) is 18.8 Å². The zero-order valence-corrected chi connectivity index (χ0v) is 13.6. The van der Waals surface area contributed by atoms with E-state index in [1.807, 2.05) is 0 Å². The number of ketones is 1. The van der Waals surface area contributed by atoms with E-state index >= 15 is 0 Å². The molecule has 4 nitrogen and oxygen atoms in total. The van der Waals surface area contributed by atoms with Gasteiger partial charge in [-0.2, -0.15) is 0 Å². The van der Waals surface area contributed by atoms with Crippen molar-refractivity contribution < 1.29 is 9.59 Å². The van der Waals surface area contributed by atoms with Crippen LogP contribution in [0.2, 0.25) is 0 Å². The van der Waals surface area contributed by atoms with Gasteiger partial charge in [0.2, 0.25) is 0 Å². The summed E-state index contributed by atoms with van der Waals surface area (Å²) < 4.78 is 0. The molecule has 0 amide bonds. The molecule has 0 spiro atoms. The molecule has 1 atom stereocenters. The summed E-state index contributed by atoms with van der Waals surface area (Å²) in [5.41, 5.74) is -0.174. The molecule has 120 valence electrons. The lowest BCUT2D eigenvalue weighted by atomic mass is 9.80. The van der Waals surface area contributed by atoms with E-state index in [-0.39, 0.29) is 5.78 Å². The molecule has 1 fully saturated rings. The number of rotatable bonds is 5. The molecule has 2 aliphatic rings. The van der Waals surface area contributed by atoms with Gasteiger partial charge in [0.1, 0.15) is 0 Å². The van der Waals surface area contributed by atoms with Crippen LogP contribution in [0.25, 0.3) is 0 Å². The van der Waals surface area contributed by atoms with Crippen molar-refractivity contribution in [1.82, 2.24) is 4.98 Å². The number of pyridine rings is 1. The number of allylic oxidation sites excluding steroid dienone is 1. The van der Waals surface area contributed by atoms with Gasteiger partial charge in [-0.25, -0.2) is 0 Å². The first-order valence-corrected chi connectivity index (χ1v) is 8.42. The molecule has 1 aliphatic heterocycles. The Kier molecular flexibility index (Phi) is 4.71. The molecule has 2 heterocycles. The Balaban J connectivity index is 1.84. The van der Waals surface area contributed by atoms with Crippen molar-refractivity contribution in [3.05, 3.63) is 41.7 Å². The number of nitrogens with zero attached hydrogens (tertiary/aromatic N) is 2. The number of halogens is 1. The van der Waals surface area contributed by atoms with Gasteiger partial charge in [-0.3, -0.25) is 19.6 Å². The summed E-state index contributed by atoms with van der Waals surface area (Å²) in [6.45, 7) is 0. The van der Waals surface area contributed by atoms with Gasteiger partial charge in [-0.1, -0.05) is 32.1 Å². The lowest BCUT2D eigenvalue weighted by Gasteiger charge is -2.27. The second-order valence-corrected chi connectivity index (χ2v) is 6.58. The molecule has 0 bridgehead atoms. The van der Waals surface area contributed by atoms with Crippen molar-refractivity contribution in [2.24, 2.45) is 10.9 Å². The largest absolute Gasteiger partial charge is 0.296 e. The average Bonchev–Trinajstić information content (AvgIpc) is 3.07. The molecule has 5 heteroatoms. The molecule has 1 saturated carbocycles. The number of carbonyl (C=O) groups excluding carboxylic acids is 2. The highest BCUT2D eigenvalue weighted by atomic mass is 35.5. The topological polar surface area (TPSA) is 59.4 Å². The number of hydrogen-bond acceptors (Lipinski definition) is 4. The van der Waals surface area contributed by atoms with Crippen LogP contribution in [-0.4, -0.2) is 22.2 Å². The standard InChI is InChI=1S/C18H19ClN2O2/c19-17(23)14-7-8-15(20-12-14)18(9-4-10-21-18)16(22)11-13-5-2-1-3-6-13/h4,7-10,12-13H,1-3,5-6,11H2. The highest BCUT2D eigenvalue weighted by Gasteiger charge is 2.40. The van der Waals surface area contributed by atoms with Crippen molar-refractivity contribution in [3.8, 4) is 0 Å². The number of aliphatic imine (C=N–C) groups is 1. The normalized spacial score (nSPS) is 24.0. The molecule has 1 unspecified atom stereocenters. The molecule has 0 N–H and O–H groups in total. The SMILES string of the molecule is O=C(Cl)c1ccc(C2(C(=O)CC3CCCCC3)C=CC=N2)nc1. The first kappa shape index (κ1) is 16.1. The van der Waals surface area contributed by atoms with E-state index in [0.29, 0.717) is 23.6 Å². The predicted molar refractivity (Wildman–Crippen MR) is 89.9 cm³/mol. The second kappa shape index (κ2) is 6.75. The maximum Gasteiger partial charge on any atom is 0.253 e. The number of aromatic nitrogens is 1. The van der Waals surface area contributed by atoms with Crippen molar-refractivity contribution >= 4 is 28.8 Å². The third-order valence-corrected chi connectivity index (χ3v) is 4.92. The van der Waals surface area contributed by atoms with Crippen molar-refractivity contribution in [2.45, 2.75) is 44.1 Å². The Labute approximate surface area is 140 Å². The summed E-state index contributed by atoms with van der Waals surface area (Å²) in [5.74, 6) is 0.521. The van der Waals surface area contributed by atoms with Crippen LogP contribution in [0.15, 0.2) is 35.5 Å². The number of carbonyl (C=O) groups is 2. The Hall–Kier alpha value is -1.81. The molecule has 1 aromatic rings. The summed E-state index contributed by atoms with van der Waals surface area (Å²) in [6, 6.07) is 3.26. The predicted octanol–water partition coefficient (Wildman–Crippen LogP) is 3.84. The lowest BCUT2D eigenvalue weighted by molar-refractivity contribution is -0.124. The minimum Gasteiger partial charge on any atom is -0.296 e. The van der Waals surface area contributed by atoms with Crippen molar-refractivity contribution in [3.63, 3.8) is 0 Å². The molecule has 23 heavy (non-hydrogen) atoms. The molecule has 1 aromatic heterocycles. The van der Waals surface area contributed by atoms with Crippen LogP contribution in [0.3, 0.4) is 0 Å². The van der Waals surface area contributed by atoms with Crippen LogP contribution >= 0.6 is 11.6 Å². The summed E-state index contributed by atoms with van der Waals surface area (Å²) in [6.07, 6.45) is 13.0. The molecular weight excluding hydrogens is 312 g/mol. The number of Topliss-reactive ketones (excluding diaryl/α,β-unsaturated/α-hetero) is 1. The van der Waals surface area contributed by atoms with Crippen LogP contribution < -0.4 is 0 Å². The van der Waals surface area contributed by atoms with Gasteiger partial charge >= 0.3 is 0 Å². The van der Waals surface area contributed by atoms with Gasteiger partial charge in [-0.05, 0) is 41.8 Å². The smallest absolute Gasteiger partial charge is 0.253 e. The minimum atomic E-state index is -1.04. The molecule has 0 saturated heterocycles. The van der Waals surface area contributed by atoms with Crippen molar-refractivity contribution in [1.29, 1.82) is 0 Å². The maximum atomic E-state index is 13.0. The molecular formula is C18H19ClN2O2. The fraction of sp³-hybridized carbons (Fsp3) is 0.444. The van der Waals surface area contributed by atoms with Crippen LogP contribution in [0, 0.1) is 5.92 Å². The third kappa shape index (κ3) is 3.27. The highest BCUT2D eigenvalue weighted by Crippen LogP contribution is 2.35. The van der Waals surface area contributed by atoms with E-state index in [0.717, 1.165) is 12.8 Å². The Bertz CT molecular complexity index is 646. The summed E-state index contributed by atoms with van der Waals surface area (Å²) in [4.78, 5) is 32.8. The maximum absolute atomic E-state index is 13.0. The Morgan fingerprint density at radius 3 is 2.57 bits per heavy atom. The van der Waals surface area contributed by atoms with E-state index in [2.05, 4.69) is 9.98 Å². The fourth-order valence-corrected chi connectivity index (χ4v) is 3.50. The third-order valence-electron chi connectivity index (χ3n) is 4.71. The first-order valence-electron chi connectivity index (χ1n) is 8.04. The Morgan fingerprint density at radius 1 is 1.22 bits per heavy atom. The van der Waals surface area contributed by atoms with E-state index in [1.165, 1.54) is 25.5 Å². The monoisotopic (exact) mass is 330 g/mol. The van der Waals surface area contributed by atoms with E-state index in [4.69, 9.17) is 11.6 Å². The molecule has 0 aromatic carbocycles. The van der Waals surface area contributed by atoms with Gasteiger partial charge in [-0.15, -0.1) is 0 Å². The fourth-order valence-electron chi connectivity index (χ4n) is 3.39. The zero-order chi connectivity index (χ0) is 16.3. The van der Waals surface area contributed by atoms with Gasteiger partial charge < -0.3 is 0 Å². The van der Waals surface area contributed by atoms with Gasteiger partial charge in [0.15, 0.2) is 11.3 Å². The summed E-state index contributed by atoms with van der Waals surface area (Å²) in [7, 11) is 0. The average molecular weight is 331 g/mol. The molecule has 0 radical (unpaired) electrons. The van der Waals surface area contributed by atoms with E-state index in [1.54, 1.807) is 30.5 Å². The van der Waals surface area contributed by atoms with Crippen LogP contribution in [0.5, 0.6) is 0 Å². The van der Waals surface area contributed by atoms with E-state index in [9.17, 15) is 9.59 Å². The quantitative estimate of drug-likeness (QED) is 0.771. The van der Waals surface area contributed by atoms with Crippen LogP contribution in [0.4, 0.5) is 0 Å². The minimum absolute atomic E-state index is 0.0758. The van der Waals surface area contributed by atoms with Crippen LogP contribution in [0.1, 0.15) is 54.6 Å². The van der Waals surface area contributed by atoms with Crippen LogP contribution in [-0.2, 0) is 10.3 Å². The highest BCUT2D eigenvalue weighted by molar-refractivity contribution is 6.67. The Morgan fingerprint density at radius 2 is 2.00 bits per heavy atom. The first-order chi connectivity index (χ1) is 11.1. The summed E-state index contributed by atoms with van der Waals surface area (Å²) in [5, 5.41) is -0.558. The van der Waals surface area contributed by atoms with E-state index < -0.39 is 10.8 Å². The summed E-state index contributed by atoms with van der Waals surface area (Å²) >= 11 is 5.45. The van der Waals surface area contributed by atoms with Gasteiger partial charge in [0.25, 0.3) is 5.24 Å². The molecule has 3 rings (SSSR count). The second-order valence-electron chi connectivity index (χ2n) is 6.24. The zero-order valence-electron chi connectivity index (χ0n) is 12.9. The van der Waals surface area contributed by atoms with Crippen molar-refractivity contribution in [2.75, 3.05) is 0 Å². The van der Waals surface area contributed by atoms with Gasteiger partial charge in [0.05, 0.1) is 11.3 Å².